The van der Waals surface area contributed by atoms with Crippen LogP contribution in [0.2, 0.25) is 0 Å². The van der Waals surface area contributed by atoms with Gasteiger partial charge in [-0.05, 0) is 26.2 Å². The summed E-state index contributed by atoms with van der Waals surface area (Å²) < 4.78 is 9.64. The maximum Gasteiger partial charge on any atom is 0.236 e. The number of anilines is 1. The van der Waals surface area contributed by atoms with E-state index in [1.54, 1.807) is 4.68 Å². The molecule has 5 rings (SSSR count). The molecule has 132 valence electrons. The average molecular weight is 342 g/mol. The van der Waals surface area contributed by atoms with Gasteiger partial charge in [0, 0.05) is 25.9 Å². The maximum atomic E-state index is 13.3. The van der Waals surface area contributed by atoms with E-state index in [-0.39, 0.29) is 11.8 Å². The van der Waals surface area contributed by atoms with Crippen molar-refractivity contribution in [2.24, 2.45) is 13.0 Å². The number of carbonyl (C=O) groups excluding carboxylic acids is 1. The van der Waals surface area contributed by atoms with Gasteiger partial charge in [-0.3, -0.25) is 4.79 Å². The molecule has 1 unspecified atom stereocenters. The molecule has 0 saturated heterocycles. The Kier molecular flexibility index (Phi) is 3.17. The van der Waals surface area contributed by atoms with Crippen molar-refractivity contribution in [1.29, 1.82) is 0 Å². The van der Waals surface area contributed by atoms with Crippen LogP contribution in [0.5, 0.6) is 5.88 Å². The number of rotatable bonds is 2. The summed E-state index contributed by atoms with van der Waals surface area (Å²) in [5, 5.41) is 13.1. The molecule has 8 nitrogen and oxygen atoms in total. The van der Waals surface area contributed by atoms with E-state index in [2.05, 4.69) is 19.9 Å². The Morgan fingerprint density at radius 1 is 1.24 bits per heavy atom. The van der Waals surface area contributed by atoms with E-state index < -0.39 is 0 Å². The highest BCUT2D eigenvalue weighted by Gasteiger charge is 2.38. The van der Waals surface area contributed by atoms with E-state index in [0.717, 1.165) is 35.9 Å². The molecule has 0 radical (unpaired) electrons. The second kappa shape index (κ2) is 5.31. The molecule has 0 aromatic carbocycles. The van der Waals surface area contributed by atoms with Crippen LogP contribution in [0, 0.1) is 12.8 Å². The fourth-order valence-electron chi connectivity index (χ4n) is 4.08. The van der Waals surface area contributed by atoms with Crippen molar-refractivity contribution in [3.63, 3.8) is 0 Å². The van der Waals surface area contributed by atoms with Crippen LogP contribution in [0.3, 0.4) is 0 Å². The molecule has 1 aliphatic carbocycles. The minimum Gasteiger partial charge on any atom is -0.474 e. The van der Waals surface area contributed by atoms with Crippen molar-refractivity contribution in [2.45, 2.75) is 45.1 Å². The van der Waals surface area contributed by atoms with Crippen molar-refractivity contribution in [1.82, 2.24) is 24.5 Å². The standard InChI is InChI=1S/C17H22N6O2/c1-10-14-17(21(2)20-10)25-8-7-22(14)16(24)12-5-6-13-18-19-15(11-3-4-11)23(13)9-12/h11-12H,3-9H2,1-2H3. The molecule has 4 heterocycles. The Morgan fingerprint density at radius 3 is 2.88 bits per heavy atom. The lowest BCUT2D eigenvalue weighted by Crippen LogP contribution is -2.44. The summed E-state index contributed by atoms with van der Waals surface area (Å²) in [7, 11) is 1.85. The third-order valence-corrected chi connectivity index (χ3v) is 5.50. The Balaban J connectivity index is 1.43. The van der Waals surface area contributed by atoms with E-state index in [1.165, 1.54) is 12.8 Å². The van der Waals surface area contributed by atoms with Gasteiger partial charge in [-0.1, -0.05) is 0 Å². The summed E-state index contributed by atoms with van der Waals surface area (Å²) in [5.41, 5.74) is 1.67. The van der Waals surface area contributed by atoms with Crippen LogP contribution in [0.15, 0.2) is 0 Å². The Morgan fingerprint density at radius 2 is 2.08 bits per heavy atom. The first kappa shape index (κ1) is 14.9. The molecule has 1 atom stereocenters. The number of amides is 1. The molecule has 0 spiro atoms. The molecular formula is C17H22N6O2. The second-order valence-corrected chi connectivity index (χ2v) is 7.30. The average Bonchev–Trinajstić information content (AvgIpc) is 3.31. The molecule has 1 saturated carbocycles. The number of hydrogen-bond donors (Lipinski definition) is 0. The number of fused-ring (bicyclic) bond motifs is 2. The maximum absolute atomic E-state index is 13.3. The van der Waals surface area contributed by atoms with Gasteiger partial charge in [0.05, 0.1) is 18.2 Å². The van der Waals surface area contributed by atoms with Gasteiger partial charge in [0.15, 0.2) is 0 Å². The minimum atomic E-state index is -0.0356. The van der Waals surface area contributed by atoms with Gasteiger partial charge in [0.1, 0.15) is 23.9 Å². The van der Waals surface area contributed by atoms with Crippen LogP contribution in [0.4, 0.5) is 5.69 Å². The van der Waals surface area contributed by atoms with Gasteiger partial charge in [0.2, 0.25) is 11.8 Å². The summed E-state index contributed by atoms with van der Waals surface area (Å²) in [4.78, 5) is 15.2. The quantitative estimate of drug-likeness (QED) is 0.819. The summed E-state index contributed by atoms with van der Waals surface area (Å²) >= 11 is 0. The number of nitrogens with zero attached hydrogens (tertiary/aromatic N) is 6. The number of aromatic nitrogens is 5. The van der Waals surface area contributed by atoms with Crippen molar-refractivity contribution in [3.8, 4) is 5.88 Å². The molecular weight excluding hydrogens is 320 g/mol. The van der Waals surface area contributed by atoms with Crippen LogP contribution < -0.4 is 9.64 Å². The van der Waals surface area contributed by atoms with Crippen molar-refractivity contribution >= 4 is 11.6 Å². The molecule has 2 aromatic heterocycles. The number of carbonyl (C=O) groups is 1. The topological polar surface area (TPSA) is 78.1 Å². The SMILES string of the molecule is Cc1nn(C)c2c1N(C(=O)C1CCc3nnc(C4CC4)n3C1)CCO2. The zero-order chi connectivity index (χ0) is 17.1. The highest BCUT2D eigenvalue weighted by molar-refractivity contribution is 5.97. The third kappa shape index (κ3) is 2.26. The molecule has 3 aliphatic rings. The molecule has 0 N–H and O–H groups in total. The zero-order valence-electron chi connectivity index (χ0n) is 14.6. The zero-order valence-corrected chi connectivity index (χ0v) is 14.6. The first-order valence-corrected chi connectivity index (χ1v) is 9.03. The molecule has 8 heteroatoms. The van der Waals surface area contributed by atoms with Crippen LogP contribution in [-0.4, -0.2) is 43.6 Å². The highest BCUT2D eigenvalue weighted by atomic mass is 16.5. The lowest BCUT2D eigenvalue weighted by atomic mass is 9.97. The van der Waals surface area contributed by atoms with Gasteiger partial charge in [-0.25, -0.2) is 4.68 Å². The number of aryl methyl sites for hydroxylation is 3. The van der Waals surface area contributed by atoms with E-state index in [0.29, 0.717) is 31.5 Å². The predicted octanol–water partition coefficient (Wildman–Crippen LogP) is 1.19. The Bertz CT molecular complexity index is 850. The summed E-state index contributed by atoms with van der Waals surface area (Å²) in [5.74, 6) is 3.48. The monoisotopic (exact) mass is 342 g/mol. The smallest absolute Gasteiger partial charge is 0.236 e. The van der Waals surface area contributed by atoms with Crippen LogP contribution in [0.25, 0.3) is 0 Å². The summed E-state index contributed by atoms with van der Waals surface area (Å²) in [6, 6.07) is 0. The van der Waals surface area contributed by atoms with E-state index in [4.69, 9.17) is 4.74 Å². The molecule has 2 aliphatic heterocycles. The first-order chi connectivity index (χ1) is 12.1. The molecule has 0 bridgehead atoms. The number of hydrogen-bond acceptors (Lipinski definition) is 5. The van der Waals surface area contributed by atoms with Crippen LogP contribution in [-0.2, 0) is 24.8 Å². The summed E-state index contributed by atoms with van der Waals surface area (Å²) in [6.07, 6.45) is 4.03. The largest absolute Gasteiger partial charge is 0.474 e. The Labute approximate surface area is 145 Å². The molecule has 1 amide bonds. The highest BCUT2D eigenvalue weighted by Crippen LogP contribution is 2.41. The van der Waals surface area contributed by atoms with Crippen molar-refractivity contribution in [3.05, 3.63) is 17.3 Å². The van der Waals surface area contributed by atoms with E-state index in [1.807, 2.05) is 18.9 Å². The lowest BCUT2D eigenvalue weighted by Gasteiger charge is -2.32. The fraction of sp³-hybridized carbons (Fsp3) is 0.647. The third-order valence-electron chi connectivity index (χ3n) is 5.50. The second-order valence-electron chi connectivity index (χ2n) is 7.30. The van der Waals surface area contributed by atoms with Gasteiger partial charge < -0.3 is 14.2 Å². The van der Waals surface area contributed by atoms with Crippen LogP contribution >= 0.6 is 0 Å². The van der Waals surface area contributed by atoms with Gasteiger partial charge >= 0.3 is 0 Å². The van der Waals surface area contributed by atoms with E-state index >= 15 is 0 Å². The minimum absolute atomic E-state index is 0.0356. The van der Waals surface area contributed by atoms with E-state index in [9.17, 15) is 4.79 Å². The van der Waals surface area contributed by atoms with Gasteiger partial charge in [0.25, 0.3) is 0 Å². The lowest BCUT2D eigenvalue weighted by molar-refractivity contribution is -0.123. The van der Waals surface area contributed by atoms with Crippen molar-refractivity contribution in [2.75, 3.05) is 18.1 Å². The van der Waals surface area contributed by atoms with Crippen molar-refractivity contribution < 1.29 is 9.53 Å². The predicted molar refractivity (Wildman–Crippen MR) is 89.6 cm³/mol. The molecule has 1 fully saturated rings. The normalized spacial score (nSPS) is 22.3. The Hall–Kier alpha value is -2.38. The fourth-order valence-corrected chi connectivity index (χ4v) is 4.08. The first-order valence-electron chi connectivity index (χ1n) is 9.03. The molecule has 2 aromatic rings. The van der Waals surface area contributed by atoms with Crippen LogP contribution in [0.1, 0.15) is 42.5 Å². The summed E-state index contributed by atoms with van der Waals surface area (Å²) in [6.45, 7) is 3.71. The number of ether oxygens (including phenoxy) is 1. The molecule has 25 heavy (non-hydrogen) atoms. The van der Waals surface area contributed by atoms with Gasteiger partial charge in [-0.2, -0.15) is 5.10 Å². The van der Waals surface area contributed by atoms with Gasteiger partial charge in [-0.15, -0.1) is 10.2 Å².